The van der Waals surface area contributed by atoms with E-state index in [2.05, 4.69) is 23.5 Å². The second-order valence-corrected chi connectivity index (χ2v) is 8.01. The molecule has 2 aromatic carbocycles. The lowest BCUT2D eigenvalue weighted by molar-refractivity contribution is -0.143. The molecule has 0 bridgehead atoms. The van der Waals surface area contributed by atoms with Crippen LogP contribution in [0.4, 0.5) is 10.5 Å². The number of anilines is 1. The van der Waals surface area contributed by atoms with Gasteiger partial charge in [0, 0.05) is 30.4 Å². The van der Waals surface area contributed by atoms with Gasteiger partial charge in [0.05, 0.1) is 12.0 Å². The van der Waals surface area contributed by atoms with E-state index in [9.17, 15) is 14.4 Å². The second-order valence-electron chi connectivity index (χ2n) is 7.01. The third kappa shape index (κ3) is 5.50. The van der Waals surface area contributed by atoms with Crippen molar-refractivity contribution in [2.75, 3.05) is 31.6 Å². The number of carbonyl (C=O) groups excluding carboxylic acids is 3. The molecule has 0 unspecified atom stereocenters. The standard InChI is InChI=1S/C24H26N2O5S/c1-4-25(5-2)19-12-11-18(20(14-19)31-16-17-9-7-6-8-10-17)13-21-23(28)26(24(29)32-21)15-22(27)30-3/h6-14H,4-5,15-16H2,1-3H3/b21-13+. The molecule has 2 aromatic rings. The molecule has 0 aromatic heterocycles. The van der Waals surface area contributed by atoms with E-state index in [0.717, 1.165) is 41.0 Å². The maximum Gasteiger partial charge on any atom is 0.325 e. The smallest absolute Gasteiger partial charge is 0.325 e. The number of hydrogen-bond donors (Lipinski definition) is 0. The number of rotatable bonds is 9. The fourth-order valence-electron chi connectivity index (χ4n) is 3.26. The van der Waals surface area contributed by atoms with Crippen LogP contribution in [0.5, 0.6) is 5.75 Å². The first kappa shape index (κ1) is 23.4. The molecule has 7 nitrogen and oxygen atoms in total. The Kier molecular flexibility index (Phi) is 7.94. The topological polar surface area (TPSA) is 76.2 Å². The van der Waals surface area contributed by atoms with E-state index in [1.165, 1.54) is 7.11 Å². The Balaban J connectivity index is 1.91. The van der Waals surface area contributed by atoms with Gasteiger partial charge in [-0.2, -0.15) is 0 Å². The van der Waals surface area contributed by atoms with E-state index in [4.69, 9.17) is 4.74 Å². The first-order chi connectivity index (χ1) is 15.5. The molecule has 3 rings (SSSR count). The van der Waals surface area contributed by atoms with E-state index in [0.29, 0.717) is 17.9 Å². The number of methoxy groups -OCH3 is 1. The summed E-state index contributed by atoms with van der Waals surface area (Å²) in [4.78, 5) is 39.8. The predicted octanol–water partition coefficient (Wildman–Crippen LogP) is 4.32. The highest BCUT2D eigenvalue weighted by molar-refractivity contribution is 8.18. The van der Waals surface area contributed by atoms with Crippen LogP contribution in [-0.4, -0.2) is 48.8 Å². The first-order valence-electron chi connectivity index (χ1n) is 10.3. The first-order valence-corrected chi connectivity index (χ1v) is 11.2. The summed E-state index contributed by atoms with van der Waals surface area (Å²) in [6.07, 6.45) is 1.63. The highest BCUT2D eigenvalue weighted by Crippen LogP contribution is 2.35. The lowest BCUT2D eigenvalue weighted by atomic mass is 10.1. The van der Waals surface area contributed by atoms with E-state index in [-0.39, 0.29) is 4.91 Å². The molecule has 0 saturated carbocycles. The number of imide groups is 1. The van der Waals surface area contributed by atoms with Gasteiger partial charge >= 0.3 is 5.97 Å². The van der Waals surface area contributed by atoms with Crippen LogP contribution in [0.3, 0.4) is 0 Å². The number of hydrogen-bond acceptors (Lipinski definition) is 7. The zero-order chi connectivity index (χ0) is 23.1. The summed E-state index contributed by atoms with van der Waals surface area (Å²) in [5.41, 5.74) is 2.71. The molecule has 0 N–H and O–H groups in total. The molecule has 8 heteroatoms. The van der Waals surface area contributed by atoms with Crippen molar-refractivity contribution in [1.29, 1.82) is 0 Å². The normalized spacial score (nSPS) is 14.7. The number of carbonyl (C=O) groups is 3. The lowest BCUT2D eigenvalue weighted by Gasteiger charge is -2.22. The van der Waals surface area contributed by atoms with Crippen molar-refractivity contribution in [3.8, 4) is 5.75 Å². The van der Waals surface area contributed by atoms with Gasteiger partial charge in [-0.3, -0.25) is 19.3 Å². The zero-order valence-electron chi connectivity index (χ0n) is 18.4. The molecular weight excluding hydrogens is 428 g/mol. The van der Waals surface area contributed by atoms with Crippen LogP contribution >= 0.6 is 11.8 Å². The van der Waals surface area contributed by atoms with Crippen molar-refractivity contribution in [3.63, 3.8) is 0 Å². The van der Waals surface area contributed by atoms with Gasteiger partial charge in [0.15, 0.2) is 0 Å². The van der Waals surface area contributed by atoms with Gasteiger partial charge in [-0.05, 0) is 49.4 Å². The monoisotopic (exact) mass is 454 g/mol. The van der Waals surface area contributed by atoms with Crippen LogP contribution < -0.4 is 9.64 Å². The van der Waals surface area contributed by atoms with Crippen LogP contribution in [0.25, 0.3) is 6.08 Å². The summed E-state index contributed by atoms with van der Waals surface area (Å²) >= 11 is 0.797. The van der Waals surface area contributed by atoms with Gasteiger partial charge in [-0.15, -0.1) is 0 Å². The van der Waals surface area contributed by atoms with Crippen molar-refractivity contribution in [1.82, 2.24) is 4.90 Å². The van der Waals surface area contributed by atoms with Crippen LogP contribution in [0.1, 0.15) is 25.0 Å². The molecule has 0 atom stereocenters. The summed E-state index contributed by atoms with van der Waals surface area (Å²) in [6.45, 7) is 5.82. The molecule has 0 spiro atoms. The van der Waals surface area contributed by atoms with Gasteiger partial charge in [0.2, 0.25) is 0 Å². The number of ether oxygens (including phenoxy) is 2. The van der Waals surface area contributed by atoms with Gasteiger partial charge in [0.25, 0.3) is 11.1 Å². The van der Waals surface area contributed by atoms with E-state index >= 15 is 0 Å². The van der Waals surface area contributed by atoms with Crippen molar-refractivity contribution in [2.45, 2.75) is 20.5 Å². The largest absolute Gasteiger partial charge is 0.488 e. The second kappa shape index (κ2) is 10.9. The SMILES string of the molecule is CCN(CC)c1ccc(/C=C2/SC(=O)N(CC(=O)OC)C2=O)c(OCc2ccccc2)c1. The molecule has 1 saturated heterocycles. The minimum absolute atomic E-state index is 0.235. The molecule has 1 aliphatic heterocycles. The summed E-state index contributed by atoms with van der Waals surface area (Å²) < 4.78 is 10.7. The lowest BCUT2D eigenvalue weighted by Crippen LogP contribution is -2.34. The third-order valence-corrected chi connectivity index (χ3v) is 5.95. The Bertz CT molecular complexity index is 1020. The van der Waals surface area contributed by atoms with E-state index in [1.54, 1.807) is 6.08 Å². The molecule has 2 amide bonds. The quantitative estimate of drug-likeness (QED) is 0.412. The Morgan fingerprint density at radius 2 is 1.81 bits per heavy atom. The summed E-state index contributed by atoms with van der Waals surface area (Å²) in [7, 11) is 1.21. The minimum Gasteiger partial charge on any atom is -0.488 e. The highest BCUT2D eigenvalue weighted by atomic mass is 32.2. The summed E-state index contributed by atoms with van der Waals surface area (Å²) in [5, 5.41) is -0.502. The van der Waals surface area contributed by atoms with Crippen molar-refractivity contribution in [2.24, 2.45) is 0 Å². The summed E-state index contributed by atoms with van der Waals surface area (Å²) in [5.74, 6) is -0.561. The van der Waals surface area contributed by atoms with Crippen LogP contribution in [0.15, 0.2) is 53.4 Å². The average molecular weight is 455 g/mol. The molecule has 168 valence electrons. The highest BCUT2D eigenvalue weighted by Gasteiger charge is 2.36. The molecule has 1 fully saturated rings. The average Bonchev–Trinajstić information content (AvgIpc) is 3.07. The van der Waals surface area contributed by atoms with Gasteiger partial charge in [0.1, 0.15) is 18.9 Å². The Morgan fingerprint density at radius 1 is 1.09 bits per heavy atom. The Morgan fingerprint density at radius 3 is 2.47 bits per heavy atom. The maximum absolute atomic E-state index is 12.7. The van der Waals surface area contributed by atoms with Crippen LogP contribution in [-0.2, 0) is 20.9 Å². The van der Waals surface area contributed by atoms with Crippen molar-refractivity contribution in [3.05, 3.63) is 64.6 Å². The van der Waals surface area contributed by atoms with Crippen LogP contribution in [0.2, 0.25) is 0 Å². The van der Waals surface area contributed by atoms with E-state index in [1.807, 2.05) is 48.5 Å². The molecular formula is C24H26N2O5S. The fraction of sp³-hybridized carbons (Fsp3) is 0.292. The van der Waals surface area contributed by atoms with Gasteiger partial charge in [-0.1, -0.05) is 30.3 Å². The minimum atomic E-state index is -0.649. The molecule has 1 heterocycles. The maximum atomic E-state index is 12.7. The zero-order valence-corrected chi connectivity index (χ0v) is 19.2. The predicted molar refractivity (Wildman–Crippen MR) is 125 cm³/mol. The molecule has 0 radical (unpaired) electrons. The van der Waals surface area contributed by atoms with Gasteiger partial charge < -0.3 is 14.4 Å². The summed E-state index contributed by atoms with van der Waals surface area (Å²) in [6, 6.07) is 15.6. The number of thioether (sulfide) groups is 1. The van der Waals surface area contributed by atoms with Crippen LogP contribution in [0, 0.1) is 0 Å². The molecule has 32 heavy (non-hydrogen) atoms. The Hall–Kier alpha value is -3.26. The number of benzene rings is 2. The molecule has 1 aliphatic rings. The number of esters is 1. The number of amides is 2. The third-order valence-electron chi connectivity index (χ3n) is 5.04. The van der Waals surface area contributed by atoms with Crippen molar-refractivity contribution >= 4 is 40.6 Å². The van der Waals surface area contributed by atoms with E-state index < -0.39 is 23.7 Å². The number of nitrogens with zero attached hydrogens (tertiary/aromatic N) is 2. The van der Waals surface area contributed by atoms with Crippen molar-refractivity contribution < 1.29 is 23.9 Å². The fourth-order valence-corrected chi connectivity index (χ4v) is 4.09. The van der Waals surface area contributed by atoms with Gasteiger partial charge in [-0.25, -0.2) is 0 Å². The molecule has 0 aliphatic carbocycles. The Labute approximate surface area is 192 Å².